The zero-order chi connectivity index (χ0) is 11.7. The Morgan fingerprint density at radius 3 is 2.94 bits per heavy atom. The lowest BCUT2D eigenvalue weighted by atomic mass is 10.3. The van der Waals surface area contributed by atoms with Crippen molar-refractivity contribution in [2.75, 3.05) is 0 Å². The van der Waals surface area contributed by atoms with Crippen LogP contribution in [0.25, 0.3) is 11.2 Å². The standard InChI is InChI=1S/C9H10N4O3/c1-5(14)2-3-13-8(15)6-7(11-4-10-6)12-9(13)16/h4H,2-3H2,1H3,(H,10,11)(H,12,16). The van der Waals surface area contributed by atoms with E-state index in [2.05, 4.69) is 15.0 Å². The third-order valence-electron chi connectivity index (χ3n) is 2.26. The second-order valence-corrected chi connectivity index (χ2v) is 3.47. The average molecular weight is 222 g/mol. The van der Waals surface area contributed by atoms with Crippen molar-refractivity contribution in [2.45, 2.75) is 19.9 Å². The zero-order valence-corrected chi connectivity index (χ0v) is 8.61. The van der Waals surface area contributed by atoms with Crippen LogP contribution < -0.4 is 11.2 Å². The topological polar surface area (TPSA) is 101 Å². The van der Waals surface area contributed by atoms with Crippen LogP contribution in [0.1, 0.15) is 13.3 Å². The molecule has 0 fully saturated rings. The summed E-state index contributed by atoms with van der Waals surface area (Å²) in [5.41, 5.74) is -0.541. The molecule has 0 amide bonds. The molecule has 2 rings (SSSR count). The van der Waals surface area contributed by atoms with Crippen LogP contribution in [0.2, 0.25) is 0 Å². The lowest BCUT2D eigenvalue weighted by molar-refractivity contribution is -0.117. The summed E-state index contributed by atoms with van der Waals surface area (Å²) >= 11 is 0. The summed E-state index contributed by atoms with van der Waals surface area (Å²) in [4.78, 5) is 43.0. The van der Waals surface area contributed by atoms with Crippen molar-refractivity contribution in [3.05, 3.63) is 27.2 Å². The number of hydrogen-bond acceptors (Lipinski definition) is 4. The molecular weight excluding hydrogens is 212 g/mol. The van der Waals surface area contributed by atoms with E-state index in [0.29, 0.717) is 0 Å². The first-order valence-corrected chi connectivity index (χ1v) is 4.75. The van der Waals surface area contributed by atoms with Gasteiger partial charge in [0.05, 0.1) is 6.33 Å². The van der Waals surface area contributed by atoms with Gasteiger partial charge in [-0.2, -0.15) is 0 Å². The first kappa shape index (κ1) is 10.3. The molecule has 2 aromatic rings. The van der Waals surface area contributed by atoms with Crippen molar-refractivity contribution in [3.8, 4) is 0 Å². The number of rotatable bonds is 3. The third kappa shape index (κ3) is 1.67. The van der Waals surface area contributed by atoms with Crippen molar-refractivity contribution in [1.82, 2.24) is 19.5 Å². The number of fused-ring (bicyclic) bond motifs is 1. The molecule has 0 saturated heterocycles. The van der Waals surface area contributed by atoms with Gasteiger partial charge in [0.25, 0.3) is 5.56 Å². The first-order valence-electron chi connectivity index (χ1n) is 4.75. The van der Waals surface area contributed by atoms with E-state index in [1.54, 1.807) is 0 Å². The molecule has 0 atom stereocenters. The number of ketones is 1. The molecule has 7 heteroatoms. The number of carbonyl (C=O) groups excluding carboxylic acids is 1. The largest absolute Gasteiger partial charge is 0.339 e. The fraction of sp³-hybridized carbons (Fsp3) is 0.333. The van der Waals surface area contributed by atoms with Crippen LogP contribution in [0.4, 0.5) is 0 Å². The SMILES string of the molecule is CC(=O)CCn1c(=O)[nH]c2nc[nH]c2c1=O. The van der Waals surface area contributed by atoms with E-state index in [9.17, 15) is 14.4 Å². The van der Waals surface area contributed by atoms with E-state index in [-0.39, 0.29) is 29.9 Å². The van der Waals surface area contributed by atoms with E-state index in [0.717, 1.165) is 4.57 Å². The van der Waals surface area contributed by atoms with Crippen LogP contribution in [0.5, 0.6) is 0 Å². The maximum absolute atomic E-state index is 11.8. The van der Waals surface area contributed by atoms with Gasteiger partial charge in [-0.05, 0) is 6.92 Å². The number of aromatic amines is 2. The molecule has 16 heavy (non-hydrogen) atoms. The normalized spacial score (nSPS) is 10.8. The highest BCUT2D eigenvalue weighted by molar-refractivity contribution is 5.75. The second-order valence-electron chi connectivity index (χ2n) is 3.47. The Morgan fingerprint density at radius 1 is 1.50 bits per heavy atom. The summed E-state index contributed by atoms with van der Waals surface area (Å²) in [5, 5.41) is 0. The van der Waals surface area contributed by atoms with Crippen LogP contribution in [-0.2, 0) is 11.3 Å². The maximum atomic E-state index is 11.8. The smallest absolute Gasteiger partial charge is 0.330 e. The number of nitrogens with one attached hydrogen (secondary N) is 2. The van der Waals surface area contributed by atoms with Gasteiger partial charge in [-0.1, -0.05) is 0 Å². The fourth-order valence-corrected chi connectivity index (χ4v) is 1.42. The van der Waals surface area contributed by atoms with E-state index >= 15 is 0 Å². The van der Waals surface area contributed by atoms with E-state index in [4.69, 9.17) is 0 Å². The number of imidazole rings is 1. The molecule has 84 valence electrons. The predicted molar refractivity (Wildman–Crippen MR) is 56.3 cm³/mol. The van der Waals surface area contributed by atoms with E-state index in [1.165, 1.54) is 13.3 Å². The molecule has 2 aromatic heterocycles. The van der Waals surface area contributed by atoms with Gasteiger partial charge in [0.15, 0.2) is 5.65 Å². The number of nitrogens with zero attached hydrogens (tertiary/aromatic N) is 2. The van der Waals surface area contributed by atoms with Crippen molar-refractivity contribution < 1.29 is 4.79 Å². The maximum Gasteiger partial charge on any atom is 0.330 e. The molecule has 0 aliphatic carbocycles. The number of carbonyl (C=O) groups is 1. The van der Waals surface area contributed by atoms with Gasteiger partial charge in [-0.3, -0.25) is 19.1 Å². The lowest BCUT2D eigenvalue weighted by Gasteiger charge is -2.01. The van der Waals surface area contributed by atoms with Crippen LogP contribution in [-0.4, -0.2) is 25.3 Å². The van der Waals surface area contributed by atoms with Gasteiger partial charge in [0.1, 0.15) is 11.3 Å². The van der Waals surface area contributed by atoms with E-state index in [1.807, 2.05) is 0 Å². The zero-order valence-electron chi connectivity index (χ0n) is 8.61. The monoisotopic (exact) mass is 222 g/mol. The Labute approximate surface area is 89.1 Å². The molecule has 2 heterocycles. The highest BCUT2D eigenvalue weighted by Crippen LogP contribution is 1.95. The highest BCUT2D eigenvalue weighted by Gasteiger charge is 2.09. The Balaban J connectivity index is 2.56. The fourth-order valence-electron chi connectivity index (χ4n) is 1.42. The lowest BCUT2D eigenvalue weighted by Crippen LogP contribution is -2.35. The number of hydrogen-bond donors (Lipinski definition) is 2. The Kier molecular flexibility index (Phi) is 2.43. The van der Waals surface area contributed by atoms with Crippen LogP contribution in [0.3, 0.4) is 0 Å². The summed E-state index contributed by atoms with van der Waals surface area (Å²) in [5.74, 6) is -0.0731. The van der Waals surface area contributed by atoms with Gasteiger partial charge in [-0.15, -0.1) is 0 Å². The molecule has 0 saturated carbocycles. The molecule has 0 radical (unpaired) electrons. The van der Waals surface area contributed by atoms with Crippen LogP contribution in [0.15, 0.2) is 15.9 Å². The third-order valence-corrected chi connectivity index (χ3v) is 2.26. The molecule has 2 N–H and O–H groups in total. The van der Waals surface area contributed by atoms with Crippen LogP contribution in [0, 0.1) is 0 Å². The van der Waals surface area contributed by atoms with Crippen molar-refractivity contribution in [2.24, 2.45) is 0 Å². The minimum Gasteiger partial charge on any atom is -0.339 e. The van der Waals surface area contributed by atoms with Crippen LogP contribution >= 0.6 is 0 Å². The molecule has 0 bridgehead atoms. The average Bonchev–Trinajstić information content (AvgIpc) is 2.64. The molecule has 0 aromatic carbocycles. The minimum absolute atomic E-state index is 0.0731. The molecule has 0 aliphatic heterocycles. The van der Waals surface area contributed by atoms with Crippen molar-refractivity contribution in [1.29, 1.82) is 0 Å². The highest BCUT2D eigenvalue weighted by atomic mass is 16.2. The van der Waals surface area contributed by atoms with Gasteiger partial charge in [-0.25, -0.2) is 9.78 Å². The van der Waals surface area contributed by atoms with Crippen molar-refractivity contribution >= 4 is 16.9 Å². The second kappa shape index (κ2) is 3.76. The molecule has 0 spiro atoms. The van der Waals surface area contributed by atoms with Gasteiger partial charge in [0.2, 0.25) is 0 Å². The van der Waals surface area contributed by atoms with Gasteiger partial charge >= 0.3 is 5.69 Å². The quantitative estimate of drug-likeness (QED) is 0.723. The molecular formula is C9H10N4O3. The number of H-pyrrole nitrogens is 2. The number of Topliss-reactive ketones (excluding diaryl/α,β-unsaturated/α-hetero) is 1. The summed E-state index contributed by atoms with van der Waals surface area (Å²) in [6.07, 6.45) is 1.49. The summed E-state index contributed by atoms with van der Waals surface area (Å²) in [6, 6.07) is 0. The summed E-state index contributed by atoms with van der Waals surface area (Å²) in [6.45, 7) is 1.49. The Hall–Kier alpha value is -2.18. The molecule has 0 aliphatic rings. The molecule has 0 unspecified atom stereocenters. The first-order chi connectivity index (χ1) is 7.59. The Bertz CT molecular complexity index is 649. The van der Waals surface area contributed by atoms with Crippen molar-refractivity contribution in [3.63, 3.8) is 0 Å². The molecule has 7 nitrogen and oxygen atoms in total. The van der Waals surface area contributed by atoms with Gasteiger partial charge < -0.3 is 4.98 Å². The number of aromatic nitrogens is 4. The Morgan fingerprint density at radius 2 is 2.25 bits per heavy atom. The van der Waals surface area contributed by atoms with E-state index < -0.39 is 11.2 Å². The summed E-state index contributed by atoms with van der Waals surface area (Å²) < 4.78 is 0.988. The summed E-state index contributed by atoms with van der Waals surface area (Å²) in [7, 11) is 0. The van der Waals surface area contributed by atoms with Gasteiger partial charge in [0, 0.05) is 13.0 Å². The minimum atomic E-state index is -0.550. The predicted octanol–water partition coefficient (Wildman–Crippen LogP) is -0.608.